The van der Waals surface area contributed by atoms with Crippen molar-refractivity contribution in [1.82, 2.24) is 0 Å². The third-order valence-corrected chi connectivity index (χ3v) is 5.75. The summed E-state index contributed by atoms with van der Waals surface area (Å²) in [7, 11) is 0. The molecule has 0 unspecified atom stereocenters. The van der Waals surface area contributed by atoms with Crippen LogP contribution in [0.25, 0.3) is 0 Å². The Bertz CT molecular complexity index is 799. The highest BCUT2D eigenvalue weighted by Gasteiger charge is 2.24. The molecule has 0 saturated carbocycles. The summed E-state index contributed by atoms with van der Waals surface area (Å²) >= 11 is 7.82. The second-order valence-corrected chi connectivity index (χ2v) is 8.25. The highest BCUT2D eigenvalue weighted by atomic mass is 127. The van der Waals surface area contributed by atoms with Crippen molar-refractivity contribution in [1.29, 1.82) is 0 Å². The van der Waals surface area contributed by atoms with Crippen LogP contribution in [0.2, 0.25) is 0 Å². The van der Waals surface area contributed by atoms with Crippen LogP contribution in [-0.4, -0.2) is 0 Å². The Morgan fingerprint density at radius 2 is 1.41 bits per heavy atom. The monoisotopic (exact) mass is 479 g/mol. The van der Waals surface area contributed by atoms with E-state index in [9.17, 15) is 0 Å². The van der Waals surface area contributed by atoms with Crippen LogP contribution in [0, 0.1) is 3.57 Å². The first-order valence-corrected chi connectivity index (χ1v) is 9.53. The number of nitrogens with zero attached hydrogens (tertiary/aromatic N) is 1. The molecule has 0 saturated heterocycles. The number of fused-ring (bicyclic) bond motifs is 2. The van der Waals surface area contributed by atoms with E-state index in [-0.39, 0.29) is 0 Å². The number of benzene rings is 3. The first-order valence-electron chi connectivity index (χ1n) is 6.84. The molecule has 0 atom stereocenters. The SMILES string of the molecule is Brc1cc(I)cc(N2c3ccccc3Sc3ccccc32)c1. The molecular formula is C18H11BrINS. The number of anilines is 3. The summed E-state index contributed by atoms with van der Waals surface area (Å²) in [5.74, 6) is 0. The molecule has 108 valence electrons. The zero-order valence-electron chi connectivity index (χ0n) is 11.5. The molecule has 4 rings (SSSR count). The minimum absolute atomic E-state index is 1.10. The van der Waals surface area contributed by atoms with Crippen LogP contribution >= 0.6 is 50.3 Å². The van der Waals surface area contributed by atoms with Crippen LogP contribution in [0.1, 0.15) is 0 Å². The maximum atomic E-state index is 3.62. The smallest absolute Gasteiger partial charge is 0.0601 e. The summed E-state index contributed by atoms with van der Waals surface area (Å²) in [6, 6.07) is 23.7. The largest absolute Gasteiger partial charge is 0.308 e. The maximum Gasteiger partial charge on any atom is 0.0601 e. The Morgan fingerprint density at radius 1 is 0.818 bits per heavy atom. The lowest BCUT2D eigenvalue weighted by atomic mass is 10.2. The van der Waals surface area contributed by atoms with E-state index in [2.05, 4.69) is 110 Å². The average molecular weight is 480 g/mol. The van der Waals surface area contributed by atoms with Crippen molar-refractivity contribution in [2.24, 2.45) is 0 Å². The number of rotatable bonds is 1. The van der Waals surface area contributed by atoms with Crippen molar-refractivity contribution < 1.29 is 0 Å². The molecule has 0 aliphatic carbocycles. The summed E-state index contributed by atoms with van der Waals surface area (Å²) in [6.07, 6.45) is 0. The molecule has 0 bridgehead atoms. The van der Waals surface area contributed by atoms with E-state index < -0.39 is 0 Å². The molecule has 1 aliphatic rings. The Hall–Kier alpha value is -0.980. The molecule has 4 heteroatoms. The number of halogens is 2. The molecule has 22 heavy (non-hydrogen) atoms. The molecular weight excluding hydrogens is 469 g/mol. The van der Waals surface area contributed by atoms with Gasteiger partial charge in [0.15, 0.2) is 0 Å². The van der Waals surface area contributed by atoms with Gasteiger partial charge in [-0.2, -0.15) is 0 Å². The molecule has 0 fully saturated rings. The van der Waals surface area contributed by atoms with E-state index in [1.165, 1.54) is 30.4 Å². The van der Waals surface area contributed by atoms with Gasteiger partial charge in [-0.05, 0) is 65.1 Å². The van der Waals surface area contributed by atoms with Crippen molar-refractivity contribution in [2.45, 2.75) is 9.79 Å². The van der Waals surface area contributed by atoms with E-state index in [0.717, 1.165) is 4.47 Å². The highest BCUT2D eigenvalue weighted by Crippen LogP contribution is 2.51. The Morgan fingerprint density at radius 3 is 2.00 bits per heavy atom. The van der Waals surface area contributed by atoms with Gasteiger partial charge in [0.2, 0.25) is 0 Å². The van der Waals surface area contributed by atoms with Crippen molar-refractivity contribution >= 4 is 67.3 Å². The molecule has 0 radical (unpaired) electrons. The Labute approximate surface area is 156 Å². The van der Waals surface area contributed by atoms with Crippen molar-refractivity contribution in [3.8, 4) is 0 Å². The molecule has 0 amide bonds. The fourth-order valence-corrected chi connectivity index (χ4v) is 5.27. The van der Waals surface area contributed by atoms with E-state index in [1.54, 1.807) is 0 Å². The molecule has 1 heterocycles. The lowest BCUT2D eigenvalue weighted by Gasteiger charge is -2.33. The van der Waals surface area contributed by atoms with Gasteiger partial charge < -0.3 is 4.90 Å². The normalized spacial score (nSPS) is 12.7. The number of para-hydroxylation sites is 2. The maximum absolute atomic E-state index is 3.62. The Balaban J connectivity index is 1.98. The average Bonchev–Trinajstić information content (AvgIpc) is 2.51. The van der Waals surface area contributed by atoms with Crippen LogP contribution in [0.3, 0.4) is 0 Å². The second-order valence-electron chi connectivity index (χ2n) is 5.00. The van der Waals surface area contributed by atoms with E-state index >= 15 is 0 Å². The van der Waals surface area contributed by atoms with E-state index in [1.807, 2.05) is 11.8 Å². The van der Waals surface area contributed by atoms with Crippen molar-refractivity contribution in [3.05, 3.63) is 74.8 Å². The van der Waals surface area contributed by atoms with E-state index in [4.69, 9.17) is 0 Å². The molecule has 3 aromatic carbocycles. The number of hydrogen-bond donors (Lipinski definition) is 0. The van der Waals surface area contributed by atoms with Gasteiger partial charge in [0.1, 0.15) is 0 Å². The van der Waals surface area contributed by atoms with Crippen LogP contribution in [0.15, 0.2) is 81.0 Å². The van der Waals surface area contributed by atoms with Crippen molar-refractivity contribution in [2.75, 3.05) is 4.90 Å². The zero-order chi connectivity index (χ0) is 15.1. The first kappa shape index (κ1) is 14.6. The first-order chi connectivity index (χ1) is 10.7. The summed E-state index contributed by atoms with van der Waals surface area (Å²) in [6.45, 7) is 0. The predicted octanol–water partition coefficient (Wildman–Crippen LogP) is 6.99. The standard InChI is InChI=1S/C18H11BrINS/c19-12-9-13(20)11-14(10-12)21-15-5-1-3-7-17(15)22-18-8-4-2-6-16(18)21/h1-11H. The van der Waals surface area contributed by atoms with Gasteiger partial charge in [0.25, 0.3) is 0 Å². The quantitative estimate of drug-likeness (QED) is 0.271. The molecule has 1 aliphatic heterocycles. The summed E-state index contributed by atoms with van der Waals surface area (Å²) in [5.41, 5.74) is 3.65. The van der Waals surface area contributed by atoms with Gasteiger partial charge in [-0.25, -0.2) is 0 Å². The highest BCUT2D eigenvalue weighted by molar-refractivity contribution is 14.1. The fraction of sp³-hybridized carbons (Fsp3) is 0. The van der Waals surface area contributed by atoms with Crippen molar-refractivity contribution in [3.63, 3.8) is 0 Å². The van der Waals surface area contributed by atoms with Crippen LogP contribution in [0.4, 0.5) is 17.1 Å². The molecule has 0 aromatic heterocycles. The molecule has 0 N–H and O–H groups in total. The van der Waals surface area contributed by atoms with Gasteiger partial charge >= 0.3 is 0 Å². The minimum Gasteiger partial charge on any atom is -0.308 e. The van der Waals surface area contributed by atoms with Gasteiger partial charge in [0.05, 0.1) is 11.4 Å². The van der Waals surface area contributed by atoms with Crippen LogP contribution in [-0.2, 0) is 0 Å². The zero-order valence-corrected chi connectivity index (χ0v) is 16.0. The number of hydrogen-bond acceptors (Lipinski definition) is 2. The topological polar surface area (TPSA) is 3.24 Å². The third kappa shape index (κ3) is 2.57. The lowest BCUT2D eigenvalue weighted by Crippen LogP contribution is -2.14. The van der Waals surface area contributed by atoms with Crippen LogP contribution in [0.5, 0.6) is 0 Å². The summed E-state index contributed by atoms with van der Waals surface area (Å²) < 4.78 is 2.32. The predicted molar refractivity (Wildman–Crippen MR) is 106 cm³/mol. The van der Waals surface area contributed by atoms with E-state index in [0.29, 0.717) is 0 Å². The third-order valence-electron chi connectivity index (χ3n) is 3.54. The summed E-state index contributed by atoms with van der Waals surface area (Å²) in [5, 5.41) is 0. The van der Waals surface area contributed by atoms with Gasteiger partial charge in [-0.3, -0.25) is 0 Å². The molecule has 0 spiro atoms. The van der Waals surface area contributed by atoms with Gasteiger partial charge in [-0.1, -0.05) is 52.0 Å². The second kappa shape index (κ2) is 5.91. The summed E-state index contributed by atoms with van der Waals surface area (Å²) in [4.78, 5) is 4.92. The minimum atomic E-state index is 1.10. The lowest BCUT2D eigenvalue weighted by molar-refractivity contribution is 1.16. The Kier molecular flexibility index (Phi) is 3.92. The van der Waals surface area contributed by atoms with Crippen LogP contribution < -0.4 is 4.90 Å². The molecule has 1 nitrogen and oxygen atoms in total. The molecule has 3 aromatic rings. The van der Waals surface area contributed by atoms with Gasteiger partial charge in [-0.15, -0.1) is 0 Å². The fourth-order valence-electron chi connectivity index (χ4n) is 2.65. The van der Waals surface area contributed by atoms with Gasteiger partial charge in [0, 0.05) is 23.5 Å².